The SMILES string of the molecule is CC(C)CCn1c(=O)c2c(ncn2C(C)c2ccccc2)n(-c2ccc(F)cc2)c1=O. The van der Waals surface area contributed by atoms with Crippen LogP contribution in [0.4, 0.5) is 4.39 Å². The maximum Gasteiger partial charge on any atom is 0.337 e. The van der Waals surface area contributed by atoms with Gasteiger partial charge in [-0.15, -0.1) is 0 Å². The van der Waals surface area contributed by atoms with E-state index in [0.29, 0.717) is 30.1 Å². The van der Waals surface area contributed by atoms with Crippen LogP contribution in [0.2, 0.25) is 0 Å². The molecule has 6 nitrogen and oxygen atoms in total. The van der Waals surface area contributed by atoms with Gasteiger partial charge in [0.15, 0.2) is 11.2 Å². The van der Waals surface area contributed by atoms with Gasteiger partial charge in [-0.05, 0) is 49.1 Å². The van der Waals surface area contributed by atoms with Crippen molar-refractivity contribution in [1.29, 1.82) is 0 Å². The van der Waals surface area contributed by atoms with Crippen molar-refractivity contribution in [3.63, 3.8) is 0 Å². The standard InChI is InChI=1S/C24H25FN4O2/c1-16(2)13-14-27-23(30)21-22(29(24(27)31)20-11-9-19(25)10-12-20)26-15-28(21)17(3)18-7-5-4-6-8-18/h4-12,15-17H,13-14H2,1-3H3. The first-order valence-corrected chi connectivity index (χ1v) is 10.4. The summed E-state index contributed by atoms with van der Waals surface area (Å²) in [5, 5.41) is 0. The smallest absolute Gasteiger partial charge is 0.317 e. The monoisotopic (exact) mass is 420 g/mol. The van der Waals surface area contributed by atoms with E-state index in [2.05, 4.69) is 4.98 Å². The van der Waals surface area contributed by atoms with Crippen molar-refractivity contribution < 1.29 is 4.39 Å². The lowest BCUT2D eigenvalue weighted by molar-refractivity contribution is 0.491. The van der Waals surface area contributed by atoms with Crippen molar-refractivity contribution in [2.75, 3.05) is 0 Å². The fourth-order valence-electron chi connectivity index (χ4n) is 3.74. The average molecular weight is 420 g/mol. The number of benzene rings is 2. The molecule has 0 fully saturated rings. The fraction of sp³-hybridized carbons (Fsp3) is 0.292. The normalized spacial score (nSPS) is 12.5. The van der Waals surface area contributed by atoms with E-state index in [0.717, 1.165) is 5.56 Å². The van der Waals surface area contributed by atoms with Gasteiger partial charge in [0.05, 0.1) is 18.1 Å². The Morgan fingerprint density at radius 3 is 2.29 bits per heavy atom. The Morgan fingerprint density at radius 1 is 0.968 bits per heavy atom. The highest BCUT2D eigenvalue weighted by Crippen LogP contribution is 2.22. The van der Waals surface area contributed by atoms with Gasteiger partial charge >= 0.3 is 5.69 Å². The van der Waals surface area contributed by atoms with Gasteiger partial charge in [-0.25, -0.2) is 18.7 Å². The molecular formula is C24H25FN4O2. The Bertz CT molecular complexity index is 1320. The molecule has 160 valence electrons. The van der Waals surface area contributed by atoms with Crippen molar-refractivity contribution in [3.8, 4) is 5.69 Å². The van der Waals surface area contributed by atoms with Crippen LogP contribution in [0.1, 0.15) is 38.8 Å². The molecule has 0 saturated heterocycles. The minimum atomic E-state index is -0.470. The van der Waals surface area contributed by atoms with Crippen LogP contribution in [0.15, 0.2) is 70.5 Å². The molecule has 0 saturated carbocycles. The lowest BCUT2D eigenvalue weighted by Crippen LogP contribution is -2.40. The Morgan fingerprint density at radius 2 is 1.65 bits per heavy atom. The molecule has 4 rings (SSSR count). The molecule has 4 aromatic rings. The number of nitrogens with zero attached hydrogens (tertiary/aromatic N) is 4. The van der Waals surface area contributed by atoms with E-state index >= 15 is 0 Å². The van der Waals surface area contributed by atoms with Crippen molar-refractivity contribution in [2.45, 2.75) is 39.8 Å². The zero-order chi connectivity index (χ0) is 22.1. The van der Waals surface area contributed by atoms with Crippen molar-refractivity contribution in [2.24, 2.45) is 5.92 Å². The average Bonchev–Trinajstić information content (AvgIpc) is 3.20. The molecule has 2 heterocycles. The van der Waals surface area contributed by atoms with Gasteiger partial charge in [0.1, 0.15) is 5.82 Å². The van der Waals surface area contributed by atoms with E-state index in [4.69, 9.17) is 0 Å². The first kappa shape index (κ1) is 20.8. The molecule has 2 aromatic heterocycles. The van der Waals surface area contributed by atoms with Gasteiger partial charge in [-0.2, -0.15) is 0 Å². The summed E-state index contributed by atoms with van der Waals surface area (Å²) in [4.78, 5) is 31.2. The highest BCUT2D eigenvalue weighted by molar-refractivity contribution is 5.72. The lowest BCUT2D eigenvalue weighted by Gasteiger charge is -2.17. The van der Waals surface area contributed by atoms with Gasteiger partial charge in [0, 0.05) is 6.54 Å². The number of rotatable bonds is 6. The van der Waals surface area contributed by atoms with Crippen LogP contribution in [0, 0.1) is 11.7 Å². The van der Waals surface area contributed by atoms with Crippen LogP contribution in [0.25, 0.3) is 16.9 Å². The lowest BCUT2D eigenvalue weighted by atomic mass is 10.1. The van der Waals surface area contributed by atoms with E-state index in [1.807, 2.05) is 51.1 Å². The third-order valence-corrected chi connectivity index (χ3v) is 5.57. The van der Waals surface area contributed by atoms with Crippen LogP contribution in [0.3, 0.4) is 0 Å². The van der Waals surface area contributed by atoms with Crippen molar-refractivity contribution in [1.82, 2.24) is 18.7 Å². The van der Waals surface area contributed by atoms with Crippen LogP contribution in [-0.2, 0) is 6.54 Å². The van der Waals surface area contributed by atoms with Crippen LogP contribution in [-0.4, -0.2) is 18.7 Å². The molecule has 31 heavy (non-hydrogen) atoms. The predicted molar refractivity (Wildman–Crippen MR) is 119 cm³/mol. The first-order chi connectivity index (χ1) is 14.9. The van der Waals surface area contributed by atoms with E-state index < -0.39 is 11.5 Å². The summed E-state index contributed by atoms with van der Waals surface area (Å²) in [5.41, 5.74) is 1.28. The number of hydrogen-bond acceptors (Lipinski definition) is 3. The Balaban J connectivity index is 2.00. The summed E-state index contributed by atoms with van der Waals surface area (Å²) in [7, 11) is 0. The van der Waals surface area contributed by atoms with Gasteiger partial charge in [0.25, 0.3) is 5.56 Å². The number of hydrogen-bond donors (Lipinski definition) is 0. The molecule has 0 radical (unpaired) electrons. The zero-order valence-electron chi connectivity index (χ0n) is 17.8. The maximum absolute atomic E-state index is 13.5. The number of halogens is 1. The van der Waals surface area contributed by atoms with Crippen molar-refractivity contribution in [3.05, 3.63) is 93.1 Å². The largest absolute Gasteiger partial charge is 0.337 e. The molecule has 7 heteroatoms. The highest BCUT2D eigenvalue weighted by atomic mass is 19.1. The quantitative estimate of drug-likeness (QED) is 0.471. The molecule has 2 aromatic carbocycles. The molecule has 0 amide bonds. The third-order valence-electron chi connectivity index (χ3n) is 5.57. The Kier molecular flexibility index (Phi) is 5.59. The van der Waals surface area contributed by atoms with Crippen LogP contribution >= 0.6 is 0 Å². The van der Waals surface area contributed by atoms with E-state index in [1.54, 1.807) is 10.9 Å². The van der Waals surface area contributed by atoms with Crippen molar-refractivity contribution >= 4 is 11.2 Å². The number of fused-ring (bicyclic) bond motifs is 1. The Labute approximate surface area is 179 Å². The van der Waals surface area contributed by atoms with Crippen LogP contribution < -0.4 is 11.2 Å². The summed E-state index contributed by atoms with van der Waals surface area (Å²) in [6.45, 7) is 6.38. The first-order valence-electron chi connectivity index (χ1n) is 10.4. The minimum Gasteiger partial charge on any atom is -0.317 e. The van der Waals surface area contributed by atoms with Crippen LogP contribution in [0.5, 0.6) is 0 Å². The molecule has 0 aliphatic carbocycles. The summed E-state index contributed by atoms with van der Waals surface area (Å²) < 4.78 is 18.0. The Hall–Kier alpha value is -3.48. The van der Waals surface area contributed by atoms with Gasteiger partial charge in [-0.1, -0.05) is 44.2 Å². The van der Waals surface area contributed by atoms with E-state index in [1.165, 1.54) is 33.4 Å². The fourth-order valence-corrected chi connectivity index (χ4v) is 3.74. The molecule has 0 N–H and O–H groups in total. The van der Waals surface area contributed by atoms with E-state index in [9.17, 15) is 14.0 Å². The topological polar surface area (TPSA) is 61.8 Å². The third kappa shape index (κ3) is 3.83. The molecule has 0 aliphatic rings. The second kappa shape index (κ2) is 8.34. The van der Waals surface area contributed by atoms with E-state index in [-0.39, 0.29) is 17.2 Å². The summed E-state index contributed by atoms with van der Waals surface area (Å²) in [6, 6.07) is 15.3. The number of aromatic nitrogens is 4. The minimum absolute atomic E-state index is 0.156. The predicted octanol–water partition coefficient (Wildman–Crippen LogP) is 4.14. The molecule has 0 bridgehead atoms. The highest BCUT2D eigenvalue weighted by Gasteiger charge is 2.22. The maximum atomic E-state index is 13.5. The number of imidazole rings is 1. The van der Waals surface area contributed by atoms with Gasteiger partial charge < -0.3 is 4.57 Å². The molecule has 0 spiro atoms. The second-order valence-electron chi connectivity index (χ2n) is 8.14. The molecule has 1 atom stereocenters. The second-order valence-corrected chi connectivity index (χ2v) is 8.14. The molecular weight excluding hydrogens is 395 g/mol. The summed E-state index contributed by atoms with van der Waals surface area (Å²) in [6.07, 6.45) is 2.28. The zero-order valence-corrected chi connectivity index (χ0v) is 17.8. The summed E-state index contributed by atoms with van der Waals surface area (Å²) in [5.74, 6) is -0.0705. The summed E-state index contributed by atoms with van der Waals surface area (Å²) >= 11 is 0. The van der Waals surface area contributed by atoms with Gasteiger partial charge in [-0.3, -0.25) is 9.36 Å². The van der Waals surface area contributed by atoms with Gasteiger partial charge in [0.2, 0.25) is 0 Å². The molecule has 0 aliphatic heterocycles. The molecule has 1 unspecified atom stereocenters.